The Kier molecular flexibility index (Phi) is 10.3. The summed E-state index contributed by atoms with van der Waals surface area (Å²) in [5.41, 5.74) is 1.13. The number of aliphatic carboxylic acids is 2. The molecule has 2 aromatic heterocycles. The number of rotatable bonds is 3. The average Bonchev–Trinajstić information content (AvgIpc) is 3.51. The van der Waals surface area contributed by atoms with Crippen molar-refractivity contribution in [3.05, 3.63) is 54.2 Å². The second-order valence-corrected chi connectivity index (χ2v) is 8.47. The van der Waals surface area contributed by atoms with Crippen molar-refractivity contribution in [2.75, 3.05) is 19.6 Å². The first-order valence-corrected chi connectivity index (χ1v) is 11.2. The Hall–Kier alpha value is -3.62. The number of hydrogen-bond donors (Lipinski definition) is 2. The number of hydrogen-bond acceptors (Lipinski definition) is 6. The molecule has 4 heterocycles. The zero-order valence-corrected chi connectivity index (χ0v) is 19.8. The first-order chi connectivity index (χ1) is 17.7. The zero-order valence-electron chi connectivity index (χ0n) is 19.8. The molecule has 38 heavy (non-hydrogen) atoms. The van der Waals surface area contributed by atoms with Gasteiger partial charge in [0.05, 0.1) is 12.0 Å². The van der Waals surface area contributed by atoms with Crippen molar-refractivity contribution in [2.24, 2.45) is 0 Å². The molecular weight excluding hydrogens is 528 g/mol. The molecule has 1 spiro atoms. The summed E-state index contributed by atoms with van der Waals surface area (Å²) in [4.78, 5) is 39.5. The lowest BCUT2D eigenvalue weighted by Gasteiger charge is -2.44. The van der Waals surface area contributed by atoms with Gasteiger partial charge in [0.2, 0.25) is 0 Å². The largest absolute Gasteiger partial charge is 0.490 e. The number of nitrogens with zero attached hydrogens (tertiary/aromatic N) is 3. The van der Waals surface area contributed by atoms with E-state index in [1.165, 1.54) is 0 Å². The van der Waals surface area contributed by atoms with Gasteiger partial charge in [0.15, 0.2) is 5.76 Å². The SMILES string of the molecule is O=C(O)C(F)(F)F.O=C(O)C(F)(F)F.O=C(c1ccco1)N1CCCC12CCN(Cc1ccccn1)CC2. The third kappa shape index (κ3) is 8.75. The molecule has 2 aliphatic heterocycles. The Bertz CT molecular complexity index is 1030. The van der Waals surface area contributed by atoms with Gasteiger partial charge >= 0.3 is 24.3 Å². The van der Waals surface area contributed by atoms with Gasteiger partial charge in [-0.1, -0.05) is 6.07 Å². The number of likely N-dealkylation sites (tertiary alicyclic amines) is 2. The van der Waals surface area contributed by atoms with Gasteiger partial charge in [-0.15, -0.1) is 0 Å². The number of amides is 1. The fraction of sp³-hybridized carbons (Fsp3) is 0.478. The third-order valence-electron chi connectivity index (χ3n) is 5.96. The van der Waals surface area contributed by atoms with E-state index in [0.29, 0.717) is 5.76 Å². The number of pyridine rings is 1. The molecule has 0 aliphatic carbocycles. The Morgan fingerprint density at radius 1 is 0.895 bits per heavy atom. The van der Waals surface area contributed by atoms with E-state index in [0.717, 1.165) is 57.6 Å². The van der Waals surface area contributed by atoms with Crippen LogP contribution in [0.1, 0.15) is 41.9 Å². The summed E-state index contributed by atoms with van der Waals surface area (Å²) in [6.07, 6.45) is -2.48. The molecule has 2 aromatic rings. The number of furan rings is 1. The lowest BCUT2D eigenvalue weighted by molar-refractivity contribution is -0.193. The molecule has 2 N–H and O–H groups in total. The van der Waals surface area contributed by atoms with Crippen molar-refractivity contribution in [3.8, 4) is 0 Å². The summed E-state index contributed by atoms with van der Waals surface area (Å²) >= 11 is 0. The number of piperidine rings is 1. The van der Waals surface area contributed by atoms with Gasteiger partial charge in [-0.05, 0) is 49.9 Å². The Morgan fingerprint density at radius 2 is 1.47 bits per heavy atom. The number of halogens is 6. The Balaban J connectivity index is 0.000000301. The van der Waals surface area contributed by atoms with Crippen molar-refractivity contribution in [2.45, 2.75) is 50.1 Å². The van der Waals surface area contributed by atoms with Crippen LogP contribution in [0.15, 0.2) is 47.2 Å². The molecule has 0 aromatic carbocycles. The smallest absolute Gasteiger partial charge is 0.475 e. The molecule has 0 unspecified atom stereocenters. The number of alkyl halides is 6. The molecule has 2 fully saturated rings. The van der Waals surface area contributed by atoms with E-state index >= 15 is 0 Å². The molecule has 1 amide bonds. The van der Waals surface area contributed by atoms with Crippen LogP contribution in [0.25, 0.3) is 0 Å². The number of aromatic nitrogens is 1. The highest BCUT2D eigenvalue weighted by Crippen LogP contribution is 2.39. The predicted octanol–water partition coefficient (Wildman–Crippen LogP) is 4.21. The lowest BCUT2D eigenvalue weighted by atomic mass is 9.84. The minimum Gasteiger partial charge on any atom is -0.475 e. The van der Waals surface area contributed by atoms with Gasteiger partial charge in [0.25, 0.3) is 5.91 Å². The number of carbonyl (C=O) groups excluding carboxylic acids is 1. The van der Waals surface area contributed by atoms with Gasteiger partial charge in [-0.25, -0.2) is 9.59 Å². The molecule has 9 nitrogen and oxygen atoms in total. The molecule has 4 rings (SSSR count). The molecule has 15 heteroatoms. The zero-order chi connectivity index (χ0) is 28.6. The van der Waals surface area contributed by atoms with E-state index in [4.69, 9.17) is 24.2 Å². The summed E-state index contributed by atoms with van der Waals surface area (Å²) in [6.45, 7) is 3.76. The van der Waals surface area contributed by atoms with Crippen LogP contribution in [0.5, 0.6) is 0 Å². The van der Waals surface area contributed by atoms with Gasteiger partial charge in [-0.3, -0.25) is 14.7 Å². The van der Waals surface area contributed by atoms with E-state index in [1.807, 2.05) is 18.3 Å². The van der Waals surface area contributed by atoms with Crippen molar-refractivity contribution < 1.29 is 55.4 Å². The highest BCUT2D eigenvalue weighted by molar-refractivity contribution is 5.92. The van der Waals surface area contributed by atoms with Gasteiger partial charge < -0.3 is 19.5 Å². The van der Waals surface area contributed by atoms with Crippen LogP contribution < -0.4 is 0 Å². The van der Waals surface area contributed by atoms with Crippen LogP contribution in [-0.2, 0) is 16.1 Å². The quantitative estimate of drug-likeness (QED) is 0.542. The molecule has 2 saturated heterocycles. The average molecular weight is 553 g/mol. The minimum atomic E-state index is -5.08. The van der Waals surface area contributed by atoms with Gasteiger partial charge in [-0.2, -0.15) is 26.3 Å². The van der Waals surface area contributed by atoms with Crippen LogP contribution in [0, 0.1) is 0 Å². The van der Waals surface area contributed by atoms with E-state index < -0.39 is 24.3 Å². The first-order valence-electron chi connectivity index (χ1n) is 11.2. The predicted molar refractivity (Wildman–Crippen MR) is 118 cm³/mol. The van der Waals surface area contributed by atoms with Crippen molar-refractivity contribution >= 4 is 17.8 Å². The van der Waals surface area contributed by atoms with Crippen LogP contribution in [-0.4, -0.2) is 80.4 Å². The highest BCUT2D eigenvalue weighted by Gasteiger charge is 2.46. The number of carboxylic acids is 2. The van der Waals surface area contributed by atoms with E-state index in [-0.39, 0.29) is 11.4 Å². The van der Waals surface area contributed by atoms with Gasteiger partial charge in [0.1, 0.15) is 0 Å². The van der Waals surface area contributed by atoms with Crippen LogP contribution >= 0.6 is 0 Å². The van der Waals surface area contributed by atoms with E-state index in [1.54, 1.807) is 18.4 Å². The maximum Gasteiger partial charge on any atom is 0.490 e. The standard InChI is InChI=1S/C19H23N3O2.2C2HF3O2/c23-18(17-6-3-14-24-17)22-11-4-7-19(22)8-12-21(13-9-19)15-16-5-1-2-10-20-16;2*3-2(4,5)1(6)7/h1-3,5-6,10,14H,4,7-9,11-13,15H2;2*(H,6,7). The van der Waals surface area contributed by atoms with Gasteiger partial charge in [0, 0.05) is 37.9 Å². The number of carbonyl (C=O) groups is 3. The van der Waals surface area contributed by atoms with Crippen LogP contribution in [0.4, 0.5) is 26.3 Å². The summed E-state index contributed by atoms with van der Waals surface area (Å²) in [7, 11) is 0. The Morgan fingerprint density at radius 3 is 1.92 bits per heavy atom. The molecule has 2 aliphatic rings. The summed E-state index contributed by atoms with van der Waals surface area (Å²) < 4.78 is 68.8. The Labute approximate surface area is 212 Å². The van der Waals surface area contributed by atoms with Crippen molar-refractivity contribution in [1.29, 1.82) is 0 Å². The molecule has 0 radical (unpaired) electrons. The summed E-state index contributed by atoms with van der Waals surface area (Å²) in [5.74, 6) is -5.00. The highest BCUT2D eigenvalue weighted by atomic mass is 19.4. The number of carboxylic acid groups (broad SMARTS) is 2. The maximum absolute atomic E-state index is 12.8. The normalized spacial score (nSPS) is 17.2. The first kappa shape index (κ1) is 30.6. The van der Waals surface area contributed by atoms with Crippen molar-refractivity contribution in [3.63, 3.8) is 0 Å². The fourth-order valence-corrected chi connectivity index (χ4v) is 4.16. The third-order valence-corrected chi connectivity index (χ3v) is 5.96. The molecule has 0 saturated carbocycles. The summed E-state index contributed by atoms with van der Waals surface area (Å²) in [6, 6.07) is 9.61. The van der Waals surface area contributed by atoms with Crippen LogP contribution in [0.2, 0.25) is 0 Å². The summed E-state index contributed by atoms with van der Waals surface area (Å²) in [5, 5.41) is 14.2. The minimum absolute atomic E-state index is 0.0183. The monoisotopic (exact) mass is 553 g/mol. The van der Waals surface area contributed by atoms with E-state index in [9.17, 15) is 31.1 Å². The molecule has 210 valence electrons. The van der Waals surface area contributed by atoms with E-state index in [2.05, 4.69) is 20.9 Å². The topological polar surface area (TPSA) is 124 Å². The fourth-order valence-electron chi connectivity index (χ4n) is 4.16. The molecule has 0 bridgehead atoms. The van der Waals surface area contributed by atoms with Crippen LogP contribution in [0.3, 0.4) is 0 Å². The second-order valence-electron chi connectivity index (χ2n) is 8.47. The molecular formula is C23H25F6N3O6. The van der Waals surface area contributed by atoms with Crippen molar-refractivity contribution in [1.82, 2.24) is 14.8 Å². The molecule has 0 atom stereocenters. The lowest BCUT2D eigenvalue weighted by Crippen LogP contribution is -2.53. The maximum atomic E-state index is 12.8. The second kappa shape index (κ2) is 12.8.